The second-order valence-corrected chi connectivity index (χ2v) is 3.04. The molecule has 3 heteroatoms. The summed E-state index contributed by atoms with van der Waals surface area (Å²) in [6, 6.07) is 5.54. The second kappa shape index (κ2) is 4.86. The van der Waals surface area contributed by atoms with Crippen LogP contribution in [0, 0.1) is 5.92 Å². The molecule has 0 aromatic heterocycles. The molecule has 0 amide bonds. The Morgan fingerprint density at radius 2 is 1.64 bits per heavy atom. The summed E-state index contributed by atoms with van der Waals surface area (Å²) in [5, 5.41) is 9.00. The van der Waals surface area contributed by atoms with Crippen molar-refractivity contribution in [2.24, 2.45) is 0 Å². The van der Waals surface area contributed by atoms with Crippen LogP contribution in [0.5, 0.6) is 11.5 Å². The van der Waals surface area contributed by atoms with E-state index in [1.165, 1.54) is 0 Å². The topological polar surface area (TPSA) is 38.7 Å². The van der Waals surface area contributed by atoms with Crippen molar-refractivity contribution >= 4 is 0 Å². The van der Waals surface area contributed by atoms with E-state index in [1.54, 1.807) is 20.3 Å². The van der Waals surface area contributed by atoms with Crippen molar-refractivity contribution in [3.05, 3.63) is 29.7 Å². The number of hydrogen-bond donors (Lipinski definition) is 1. The highest BCUT2D eigenvalue weighted by atomic mass is 16.5. The summed E-state index contributed by atoms with van der Waals surface area (Å²) in [6.07, 6.45) is 0. The normalized spacial score (nSPS) is 10.4. The van der Waals surface area contributed by atoms with Crippen LogP contribution in [0.15, 0.2) is 18.2 Å². The number of benzene rings is 1. The quantitative estimate of drug-likeness (QED) is 0.793. The Balaban J connectivity index is 3.04. The van der Waals surface area contributed by atoms with Gasteiger partial charge in [-0.15, -0.1) is 0 Å². The van der Waals surface area contributed by atoms with Crippen molar-refractivity contribution < 1.29 is 14.6 Å². The smallest absolute Gasteiger partial charge is 0.122 e. The molecule has 1 radical (unpaired) electrons. The van der Waals surface area contributed by atoms with Gasteiger partial charge in [0.05, 0.1) is 20.8 Å². The standard InChI is InChI=1S/C11H15O3/c1-8(7-12)9-4-10(13-2)6-11(5-9)14-3/h4-6,12H,7H2,1-3H3. The van der Waals surface area contributed by atoms with Gasteiger partial charge < -0.3 is 14.6 Å². The lowest BCUT2D eigenvalue weighted by Gasteiger charge is -2.11. The van der Waals surface area contributed by atoms with Gasteiger partial charge in [0.1, 0.15) is 11.5 Å². The molecule has 0 aliphatic rings. The van der Waals surface area contributed by atoms with Gasteiger partial charge in [0.25, 0.3) is 0 Å². The van der Waals surface area contributed by atoms with Gasteiger partial charge in [-0.1, -0.05) is 6.92 Å². The van der Waals surface area contributed by atoms with E-state index < -0.39 is 0 Å². The summed E-state index contributed by atoms with van der Waals surface area (Å²) in [6.45, 7) is 1.91. The van der Waals surface area contributed by atoms with Crippen LogP contribution in [-0.4, -0.2) is 25.9 Å². The number of aliphatic hydroxyl groups is 1. The molecule has 77 valence electrons. The fraction of sp³-hybridized carbons (Fsp3) is 0.364. The van der Waals surface area contributed by atoms with E-state index in [4.69, 9.17) is 14.6 Å². The van der Waals surface area contributed by atoms with E-state index in [2.05, 4.69) is 0 Å². The molecule has 0 aliphatic carbocycles. The number of hydrogen-bond acceptors (Lipinski definition) is 3. The largest absolute Gasteiger partial charge is 0.497 e. The molecule has 0 spiro atoms. The predicted molar refractivity (Wildman–Crippen MR) is 54.7 cm³/mol. The summed E-state index contributed by atoms with van der Waals surface area (Å²) in [5.74, 6) is 2.35. The fourth-order valence-corrected chi connectivity index (χ4v) is 1.15. The zero-order valence-corrected chi connectivity index (χ0v) is 8.70. The first-order valence-corrected chi connectivity index (χ1v) is 4.38. The number of ether oxygens (including phenoxy) is 2. The molecule has 0 fully saturated rings. The molecule has 1 N–H and O–H groups in total. The Kier molecular flexibility index (Phi) is 3.77. The minimum absolute atomic E-state index is 0.0380. The minimum Gasteiger partial charge on any atom is -0.497 e. The first-order chi connectivity index (χ1) is 6.71. The van der Waals surface area contributed by atoms with Gasteiger partial charge in [0.2, 0.25) is 0 Å². The molecule has 0 aliphatic heterocycles. The highest BCUT2D eigenvalue weighted by Gasteiger charge is 2.08. The third kappa shape index (κ3) is 2.39. The second-order valence-electron chi connectivity index (χ2n) is 3.04. The van der Waals surface area contributed by atoms with Gasteiger partial charge in [-0.3, -0.25) is 0 Å². The van der Waals surface area contributed by atoms with Crippen molar-refractivity contribution in [3.63, 3.8) is 0 Å². The lowest BCUT2D eigenvalue weighted by Crippen LogP contribution is -2.01. The Morgan fingerprint density at radius 1 is 1.14 bits per heavy atom. The van der Waals surface area contributed by atoms with Crippen molar-refractivity contribution in [2.45, 2.75) is 6.92 Å². The van der Waals surface area contributed by atoms with Crippen LogP contribution in [0.2, 0.25) is 0 Å². The summed E-state index contributed by atoms with van der Waals surface area (Å²) in [7, 11) is 3.21. The number of rotatable bonds is 4. The molecule has 0 saturated carbocycles. The van der Waals surface area contributed by atoms with Gasteiger partial charge in [0.15, 0.2) is 0 Å². The van der Waals surface area contributed by atoms with Crippen LogP contribution in [0.4, 0.5) is 0 Å². The SMILES string of the molecule is COc1cc(OC)cc([C](C)CO)c1. The first kappa shape index (κ1) is 10.9. The Hall–Kier alpha value is -1.22. The molecule has 3 nitrogen and oxygen atoms in total. The van der Waals surface area contributed by atoms with E-state index in [1.807, 2.05) is 19.1 Å². The molecular weight excluding hydrogens is 180 g/mol. The highest BCUT2D eigenvalue weighted by molar-refractivity contribution is 5.43. The summed E-state index contributed by atoms with van der Waals surface area (Å²) in [5.41, 5.74) is 0.934. The Bertz CT molecular complexity index is 274. The fourth-order valence-electron chi connectivity index (χ4n) is 1.15. The van der Waals surface area contributed by atoms with Crippen LogP contribution in [-0.2, 0) is 0 Å². The molecule has 14 heavy (non-hydrogen) atoms. The molecule has 0 bridgehead atoms. The minimum atomic E-state index is 0.0380. The van der Waals surface area contributed by atoms with Gasteiger partial charge in [-0.25, -0.2) is 0 Å². The van der Waals surface area contributed by atoms with E-state index in [-0.39, 0.29) is 6.61 Å². The lowest BCUT2D eigenvalue weighted by molar-refractivity contribution is 0.314. The van der Waals surface area contributed by atoms with Crippen LogP contribution < -0.4 is 9.47 Å². The lowest BCUT2D eigenvalue weighted by atomic mass is 10.0. The van der Waals surface area contributed by atoms with Crippen LogP contribution >= 0.6 is 0 Å². The van der Waals surface area contributed by atoms with E-state index in [9.17, 15) is 0 Å². The third-order valence-corrected chi connectivity index (χ3v) is 2.08. The van der Waals surface area contributed by atoms with Crippen molar-refractivity contribution in [1.82, 2.24) is 0 Å². The van der Waals surface area contributed by atoms with Gasteiger partial charge in [-0.05, 0) is 17.7 Å². The summed E-state index contributed by atoms with van der Waals surface area (Å²) >= 11 is 0. The highest BCUT2D eigenvalue weighted by Crippen LogP contribution is 2.26. The molecule has 1 aromatic carbocycles. The zero-order valence-electron chi connectivity index (χ0n) is 8.70. The summed E-state index contributed by atoms with van der Waals surface area (Å²) < 4.78 is 10.2. The zero-order chi connectivity index (χ0) is 10.6. The van der Waals surface area contributed by atoms with Gasteiger partial charge in [-0.2, -0.15) is 0 Å². The van der Waals surface area contributed by atoms with Crippen molar-refractivity contribution in [3.8, 4) is 11.5 Å². The Labute approximate surface area is 84.3 Å². The van der Waals surface area contributed by atoms with Crippen LogP contribution in [0.3, 0.4) is 0 Å². The number of methoxy groups -OCH3 is 2. The Morgan fingerprint density at radius 3 is 2.00 bits per heavy atom. The van der Waals surface area contributed by atoms with Crippen LogP contribution in [0.1, 0.15) is 12.5 Å². The van der Waals surface area contributed by atoms with Crippen molar-refractivity contribution in [2.75, 3.05) is 20.8 Å². The monoisotopic (exact) mass is 195 g/mol. The van der Waals surface area contributed by atoms with Gasteiger partial charge >= 0.3 is 0 Å². The molecule has 1 rings (SSSR count). The molecule has 0 saturated heterocycles. The average molecular weight is 195 g/mol. The van der Waals surface area contributed by atoms with Crippen LogP contribution in [0.25, 0.3) is 0 Å². The van der Waals surface area contributed by atoms with E-state index >= 15 is 0 Å². The number of aliphatic hydroxyl groups excluding tert-OH is 1. The van der Waals surface area contributed by atoms with E-state index in [0.29, 0.717) is 0 Å². The molecule has 1 aromatic rings. The van der Waals surface area contributed by atoms with E-state index in [0.717, 1.165) is 23.0 Å². The first-order valence-electron chi connectivity index (χ1n) is 4.38. The molecule has 0 atom stereocenters. The van der Waals surface area contributed by atoms with Crippen molar-refractivity contribution in [1.29, 1.82) is 0 Å². The van der Waals surface area contributed by atoms with Gasteiger partial charge in [0, 0.05) is 12.0 Å². The maximum Gasteiger partial charge on any atom is 0.122 e. The summed E-state index contributed by atoms with van der Waals surface area (Å²) in [4.78, 5) is 0. The maximum atomic E-state index is 9.00. The molecular formula is C11H15O3. The predicted octanol–water partition coefficient (Wildman–Crippen LogP) is 1.64. The third-order valence-electron chi connectivity index (χ3n) is 2.08. The molecule has 0 heterocycles. The maximum absolute atomic E-state index is 9.00. The molecule has 0 unspecified atom stereocenters. The average Bonchev–Trinajstić information content (AvgIpc) is 2.27.